The standard InChI is InChI=1S/C49H49N13O6/c1-31-10-15-35(27-40(31)55-49-52-20-18-38(54-49)34-5-4-19-50-28-34)53-45(65)33-13-11-32(12-14-33)29-59-23-25-60(26-24-59)43(64)9-2-6-36-30-61(58-57-36)22-21-51-39-8-3-7-37-44(39)48(68)62(47(37)67)41-16-17-42(63)56-46(41)66/h3-5,7-8,10-15,18-20,27-28,30,41,51H,2,6,9,16-17,21-26,29H2,1H3,(H,53,65)(H,52,54,55)(H,56,63,66). The van der Waals surface area contributed by atoms with E-state index >= 15 is 0 Å². The Morgan fingerprint density at radius 3 is 2.51 bits per heavy atom. The van der Waals surface area contributed by atoms with Crippen molar-refractivity contribution in [3.63, 3.8) is 0 Å². The highest BCUT2D eigenvalue weighted by Crippen LogP contribution is 2.32. The Balaban J connectivity index is 0.682. The van der Waals surface area contributed by atoms with Crippen molar-refractivity contribution in [1.82, 2.24) is 50.0 Å². The van der Waals surface area contributed by atoms with E-state index in [9.17, 15) is 28.8 Å². The van der Waals surface area contributed by atoms with Crippen LogP contribution in [0.4, 0.5) is 23.0 Å². The molecule has 0 radical (unpaired) electrons. The minimum absolute atomic E-state index is 0.0496. The molecule has 1 atom stereocenters. The molecule has 2 fully saturated rings. The topological polar surface area (TPSA) is 230 Å². The molecular weight excluding hydrogens is 867 g/mol. The second kappa shape index (κ2) is 20.1. The number of piperazine rings is 1. The van der Waals surface area contributed by atoms with Gasteiger partial charge in [-0.25, -0.2) is 9.97 Å². The Morgan fingerprint density at radius 2 is 1.72 bits per heavy atom. The molecule has 19 heteroatoms. The van der Waals surface area contributed by atoms with Crippen LogP contribution in [0.3, 0.4) is 0 Å². The number of rotatable bonds is 16. The molecule has 68 heavy (non-hydrogen) atoms. The second-order valence-electron chi connectivity index (χ2n) is 16.9. The Bertz CT molecular complexity index is 2880. The first-order chi connectivity index (χ1) is 33.1. The summed E-state index contributed by atoms with van der Waals surface area (Å²) in [6.45, 7) is 6.24. The molecule has 3 aromatic heterocycles. The number of piperidine rings is 1. The number of anilines is 4. The van der Waals surface area contributed by atoms with Crippen LogP contribution in [0.1, 0.15) is 73.6 Å². The van der Waals surface area contributed by atoms with Gasteiger partial charge < -0.3 is 20.9 Å². The third-order valence-corrected chi connectivity index (χ3v) is 12.2. The molecule has 9 rings (SSSR count). The number of aryl methyl sites for hydroxylation is 2. The first-order valence-corrected chi connectivity index (χ1v) is 22.6. The van der Waals surface area contributed by atoms with Gasteiger partial charge in [-0.05, 0) is 91.9 Å². The Labute approximate surface area is 391 Å². The van der Waals surface area contributed by atoms with E-state index in [1.54, 1.807) is 41.5 Å². The number of pyridine rings is 1. The molecule has 3 aliphatic heterocycles. The molecule has 3 aliphatic rings. The molecule has 4 N–H and O–H groups in total. The highest BCUT2D eigenvalue weighted by molar-refractivity contribution is 6.25. The molecule has 2 saturated heterocycles. The summed E-state index contributed by atoms with van der Waals surface area (Å²) in [5.74, 6) is -1.90. The lowest BCUT2D eigenvalue weighted by atomic mass is 10.0. The van der Waals surface area contributed by atoms with Gasteiger partial charge in [0.25, 0.3) is 17.7 Å². The van der Waals surface area contributed by atoms with Crippen LogP contribution < -0.4 is 21.3 Å². The van der Waals surface area contributed by atoms with Crippen molar-refractivity contribution in [3.8, 4) is 11.3 Å². The predicted octanol–water partition coefficient (Wildman–Crippen LogP) is 4.61. The van der Waals surface area contributed by atoms with Crippen LogP contribution >= 0.6 is 0 Å². The Hall–Kier alpha value is -8.19. The van der Waals surface area contributed by atoms with E-state index in [-0.39, 0.29) is 35.8 Å². The Morgan fingerprint density at radius 1 is 0.882 bits per heavy atom. The number of hydrogen-bond acceptors (Lipinski definition) is 14. The van der Waals surface area contributed by atoms with Gasteiger partial charge in [0.05, 0.1) is 29.1 Å². The number of hydrogen-bond donors (Lipinski definition) is 4. The van der Waals surface area contributed by atoms with Crippen molar-refractivity contribution in [2.75, 3.05) is 48.7 Å². The van der Waals surface area contributed by atoms with E-state index < -0.39 is 29.7 Å². The van der Waals surface area contributed by atoms with Crippen LogP contribution in [0.5, 0.6) is 0 Å². The summed E-state index contributed by atoms with van der Waals surface area (Å²) in [5.41, 5.74) is 7.25. The van der Waals surface area contributed by atoms with Crippen molar-refractivity contribution >= 4 is 58.5 Å². The fourth-order valence-corrected chi connectivity index (χ4v) is 8.54. The highest BCUT2D eigenvalue weighted by Gasteiger charge is 2.45. The minimum Gasteiger partial charge on any atom is -0.383 e. The first kappa shape index (κ1) is 45.0. The van der Waals surface area contributed by atoms with Crippen molar-refractivity contribution in [3.05, 3.63) is 137 Å². The largest absolute Gasteiger partial charge is 0.383 e. The van der Waals surface area contributed by atoms with E-state index in [1.807, 2.05) is 78.7 Å². The van der Waals surface area contributed by atoms with Gasteiger partial charge >= 0.3 is 0 Å². The molecular formula is C49H49N13O6. The summed E-state index contributed by atoms with van der Waals surface area (Å²) >= 11 is 0. The highest BCUT2D eigenvalue weighted by atomic mass is 16.2. The number of carbonyl (C=O) groups excluding carboxylic acids is 6. The average Bonchev–Trinajstić information content (AvgIpc) is 3.91. The fraction of sp³-hybridized carbons (Fsp3) is 0.286. The first-order valence-electron chi connectivity index (χ1n) is 22.6. The third kappa shape index (κ3) is 10.3. The summed E-state index contributed by atoms with van der Waals surface area (Å²) in [6.07, 6.45) is 8.74. The number of benzene rings is 3. The number of nitrogens with one attached hydrogen (secondary N) is 4. The van der Waals surface area contributed by atoms with E-state index in [0.29, 0.717) is 74.9 Å². The molecule has 0 saturated carbocycles. The molecule has 19 nitrogen and oxygen atoms in total. The summed E-state index contributed by atoms with van der Waals surface area (Å²) in [6, 6.07) is 22.7. The summed E-state index contributed by atoms with van der Waals surface area (Å²) in [5, 5.41) is 20.2. The number of carbonyl (C=O) groups is 6. The van der Waals surface area contributed by atoms with Gasteiger partial charge in [-0.15, -0.1) is 5.10 Å². The van der Waals surface area contributed by atoms with Gasteiger partial charge in [-0.2, -0.15) is 0 Å². The minimum atomic E-state index is -1.04. The van der Waals surface area contributed by atoms with Gasteiger partial charge in [-0.1, -0.05) is 29.5 Å². The lowest BCUT2D eigenvalue weighted by Crippen LogP contribution is -2.54. The van der Waals surface area contributed by atoms with E-state index in [4.69, 9.17) is 0 Å². The zero-order valence-corrected chi connectivity index (χ0v) is 37.4. The summed E-state index contributed by atoms with van der Waals surface area (Å²) in [7, 11) is 0. The third-order valence-electron chi connectivity index (χ3n) is 12.2. The van der Waals surface area contributed by atoms with Crippen LogP contribution in [0, 0.1) is 6.92 Å². The number of fused-ring (bicyclic) bond motifs is 1. The smallest absolute Gasteiger partial charge is 0.264 e. The van der Waals surface area contributed by atoms with Crippen LogP contribution in [0.2, 0.25) is 0 Å². The van der Waals surface area contributed by atoms with Gasteiger partial charge in [0.1, 0.15) is 6.04 Å². The molecule has 1 unspecified atom stereocenters. The van der Waals surface area contributed by atoms with Gasteiger partial charge in [0, 0.05) is 105 Å². The molecule has 0 aliphatic carbocycles. The van der Waals surface area contributed by atoms with Crippen molar-refractivity contribution in [1.29, 1.82) is 0 Å². The number of imide groups is 2. The van der Waals surface area contributed by atoms with Crippen molar-refractivity contribution in [2.24, 2.45) is 0 Å². The lowest BCUT2D eigenvalue weighted by molar-refractivity contribution is -0.136. The fourth-order valence-electron chi connectivity index (χ4n) is 8.54. The molecule has 6 heterocycles. The van der Waals surface area contributed by atoms with Crippen LogP contribution in [0.25, 0.3) is 11.3 Å². The van der Waals surface area contributed by atoms with Crippen LogP contribution in [-0.4, -0.2) is 119 Å². The quantitative estimate of drug-likeness (QED) is 0.0973. The maximum atomic E-state index is 13.4. The van der Waals surface area contributed by atoms with Gasteiger partial charge in [0.15, 0.2) is 0 Å². The van der Waals surface area contributed by atoms with Gasteiger partial charge in [0.2, 0.25) is 23.7 Å². The zero-order chi connectivity index (χ0) is 47.1. The molecule has 0 spiro atoms. The maximum Gasteiger partial charge on any atom is 0.264 e. The van der Waals surface area contributed by atoms with Crippen molar-refractivity contribution < 1.29 is 28.8 Å². The predicted molar refractivity (Wildman–Crippen MR) is 251 cm³/mol. The van der Waals surface area contributed by atoms with Crippen LogP contribution in [-0.2, 0) is 33.9 Å². The summed E-state index contributed by atoms with van der Waals surface area (Å²) < 4.78 is 1.68. The van der Waals surface area contributed by atoms with E-state index in [0.717, 1.165) is 51.8 Å². The molecule has 3 aromatic carbocycles. The number of nitrogens with zero attached hydrogens (tertiary/aromatic N) is 9. The monoisotopic (exact) mass is 915 g/mol. The summed E-state index contributed by atoms with van der Waals surface area (Å²) in [4.78, 5) is 95.4. The second-order valence-corrected chi connectivity index (χ2v) is 16.9. The lowest BCUT2D eigenvalue weighted by Gasteiger charge is -2.34. The molecule has 346 valence electrons. The normalized spacial score (nSPS) is 16.1. The van der Waals surface area contributed by atoms with Crippen LogP contribution in [0.15, 0.2) is 104 Å². The van der Waals surface area contributed by atoms with Gasteiger partial charge in [-0.3, -0.25) is 53.5 Å². The molecule has 0 bridgehead atoms. The van der Waals surface area contributed by atoms with E-state index in [2.05, 4.69) is 51.4 Å². The Kier molecular flexibility index (Phi) is 13.3. The number of amides is 6. The SMILES string of the molecule is Cc1ccc(NC(=O)c2ccc(CN3CCN(C(=O)CCCc4cn(CCNc5cccc6c5C(=O)N(C5CCC(=O)NC5=O)C6=O)nn4)CC3)cc2)cc1Nc1nccc(-c2cccnc2)n1. The van der Waals surface area contributed by atoms with Crippen molar-refractivity contribution in [2.45, 2.75) is 58.2 Å². The average molecular weight is 916 g/mol. The van der Waals surface area contributed by atoms with E-state index in [1.165, 1.54) is 0 Å². The number of aromatic nitrogens is 6. The molecule has 6 amide bonds. The zero-order valence-electron chi connectivity index (χ0n) is 37.4. The maximum absolute atomic E-state index is 13.4. The molecule has 6 aromatic rings.